The van der Waals surface area contributed by atoms with Gasteiger partial charge in [0.05, 0.1) is 0 Å². The number of pyridine rings is 1. The second-order valence-corrected chi connectivity index (χ2v) is 3.71. The van der Waals surface area contributed by atoms with Crippen molar-refractivity contribution in [2.45, 2.75) is 26.9 Å². The van der Waals surface area contributed by atoms with Crippen molar-refractivity contribution in [1.82, 2.24) is 9.88 Å². The first-order valence-electron chi connectivity index (χ1n) is 5.16. The molecule has 0 aliphatic heterocycles. The number of nitrogens with two attached hydrogens (primary N) is 1. The summed E-state index contributed by atoms with van der Waals surface area (Å²) in [6.07, 6.45) is 0. The third-order valence-corrected chi connectivity index (χ3v) is 2.62. The molecular weight excluding hydrogens is 190 g/mol. The molecule has 0 aliphatic rings. The number of aromatic nitrogens is 1. The van der Waals surface area contributed by atoms with Crippen molar-refractivity contribution in [3.8, 4) is 0 Å². The highest BCUT2D eigenvalue weighted by atomic mass is 16.1. The number of likely N-dealkylation sites (N-methyl/N-ethyl adjacent to an activating group) is 1. The van der Waals surface area contributed by atoms with Crippen LogP contribution in [-0.4, -0.2) is 18.2 Å². The van der Waals surface area contributed by atoms with Crippen molar-refractivity contribution in [3.05, 3.63) is 33.2 Å². The van der Waals surface area contributed by atoms with Crippen LogP contribution in [0.5, 0.6) is 0 Å². The van der Waals surface area contributed by atoms with Crippen LogP contribution in [-0.2, 0) is 13.1 Å². The first-order chi connectivity index (χ1) is 7.11. The Kier molecular flexibility index (Phi) is 4.05. The van der Waals surface area contributed by atoms with E-state index in [1.54, 1.807) is 4.57 Å². The van der Waals surface area contributed by atoms with Crippen molar-refractivity contribution in [2.75, 3.05) is 13.6 Å². The van der Waals surface area contributed by atoms with Crippen LogP contribution in [0.1, 0.15) is 16.8 Å². The Hall–Kier alpha value is -1.13. The third kappa shape index (κ3) is 2.46. The Bertz CT molecular complexity index is 396. The predicted molar refractivity (Wildman–Crippen MR) is 62.0 cm³/mol. The van der Waals surface area contributed by atoms with E-state index < -0.39 is 0 Å². The zero-order chi connectivity index (χ0) is 11.4. The Balaban J connectivity index is 3.20. The molecule has 0 unspecified atom stereocenters. The molecule has 0 atom stereocenters. The van der Waals surface area contributed by atoms with Gasteiger partial charge in [0.15, 0.2) is 0 Å². The Labute approximate surface area is 90.1 Å². The molecule has 0 saturated carbocycles. The molecule has 0 aromatic carbocycles. The van der Waals surface area contributed by atoms with Gasteiger partial charge in [-0.3, -0.25) is 4.79 Å². The largest absolute Gasteiger partial charge is 0.326 e. The fourth-order valence-corrected chi connectivity index (χ4v) is 1.72. The number of nitrogens with one attached hydrogen (secondary N) is 1. The van der Waals surface area contributed by atoms with Crippen LogP contribution in [0.25, 0.3) is 0 Å². The van der Waals surface area contributed by atoms with E-state index in [1.165, 1.54) is 0 Å². The van der Waals surface area contributed by atoms with Crippen LogP contribution < -0.4 is 16.6 Å². The lowest BCUT2D eigenvalue weighted by Crippen LogP contribution is -2.31. The molecule has 15 heavy (non-hydrogen) atoms. The van der Waals surface area contributed by atoms with Crippen molar-refractivity contribution in [3.63, 3.8) is 0 Å². The summed E-state index contributed by atoms with van der Waals surface area (Å²) >= 11 is 0. The summed E-state index contributed by atoms with van der Waals surface area (Å²) in [6, 6.07) is 2.01. The van der Waals surface area contributed by atoms with Crippen LogP contribution >= 0.6 is 0 Å². The first kappa shape index (κ1) is 11.9. The quantitative estimate of drug-likeness (QED) is 0.741. The van der Waals surface area contributed by atoms with Crippen LogP contribution in [0.3, 0.4) is 0 Å². The van der Waals surface area contributed by atoms with E-state index in [9.17, 15) is 4.79 Å². The fraction of sp³-hybridized carbons (Fsp3) is 0.545. The van der Waals surface area contributed by atoms with E-state index in [1.807, 2.05) is 27.0 Å². The van der Waals surface area contributed by atoms with Crippen LogP contribution in [0.15, 0.2) is 10.9 Å². The highest BCUT2D eigenvalue weighted by Gasteiger charge is 2.08. The topological polar surface area (TPSA) is 60.1 Å². The maximum atomic E-state index is 12.0. The van der Waals surface area contributed by atoms with Gasteiger partial charge in [0.25, 0.3) is 5.56 Å². The molecule has 0 bridgehead atoms. The highest BCUT2D eigenvalue weighted by Crippen LogP contribution is 2.05. The minimum Gasteiger partial charge on any atom is -0.326 e. The van der Waals surface area contributed by atoms with Crippen molar-refractivity contribution in [1.29, 1.82) is 0 Å². The molecule has 1 rings (SSSR count). The summed E-state index contributed by atoms with van der Waals surface area (Å²) < 4.78 is 1.77. The van der Waals surface area contributed by atoms with Gasteiger partial charge in [0.1, 0.15) is 0 Å². The molecule has 1 heterocycles. The molecular formula is C11H19N3O. The SMILES string of the molecule is CNCCn1c(C)cc(C)c(CN)c1=O. The summed E-state index contributed by atoms with van der Waals surface area (Å²) in [4.78, 5) is 12.0. The van der Waals surface area contributed by atoms with Gasteiger partial charge in [-0.2, -0.15) is 0 Å². The lowest BCUT2D eigenvalue weighted by Gasteiger charge is -2.13. The normalized spacial score (nSPS) is 10.7. The van der Waals surface area contributed by atoms with E-state index in [4.69, 9.17) is 5.73 Å². The van der Waals surface area contributed by atoms with Gasteiger partial charge >= 0.3 is 0 Å². The van der Waals surface area contributed by atoms with Crippen molar-refractivity contribution < 1.29 is 0 Å². The van der Waals surface area contributed by atoms with Gasteiger partial charge in [0.2, 0.25) is 0 Å². The molecule has 1 aromatic heterocycles. The lowest BCUT2D eigenvalue weighted by molar-refractivity contribution is 0.605. The average Bonchev–Trinajstić information content (AvgIpc) is 2.17. The fourth-order valence-electron chi connectivity index (χ4n) is 1.72. The zero-order valence-corrected chi connectivity index (χ0v) is 9.63. The second-order valence-electron chi connectivity index (χ2n) is 3.71. The van der Waals surface area contributed by atoms with Gasteiger partial charge in [-0.25, -0.2) is 0 Å². The molecule has 1 aromatic rings. The van der Waals surface area contributed by atoms with E-state index in [-0.39, 0.29) is 5.56 Å². The van der Waals surface area contributed by atoms with E-state index in [0.717, 1.165) is 23.4 Å². The molecule has 0 spiro atoms. The monoisotopic (exact) mass is 209 g/mol. The maximum absolute atomic E-state index is 12.0. The van der Waals surface area contributed by atoms with Gasteiger partial charge in [-0.1, -0.05) is 0 Å². The maximum Gasteiger partial charge on any atom is 0.255 e. The molecule has 4 heteroatoms. The highest BCUT2D eigenvalue weighted by molar-refractivity contribution is 5.25. The molecule has 84 valence electrons. The van der Waals surface area contributed by atoms with E-state index >= 15 is 0 Å². The summed E-state index contributed by atoms with van der Waals surface area (Å²) in [6.45, 7) is 5.66. The van der Waals surface area contributed by atoms with E-state index in [2.05, 4.69) is 5.32 Å². The van der Waals surface area contributed by atoms with Crippen LogP contribution in [0, 0.1) is 13.8 Å². The molecule has 3 N–H and O–H groups in total. The summed E-state index contributed by atoms with van der Waals surface area (Å²) in [5.74, 6) is 0. The second kappa shape index (κ2) is 5.09. The van der Waals surface area contributed by atoms with Gasteiger partial charge in [-0.05, 0) is 32.5 Å². The number of aryl methyl sites for hydroxylation is 2. The summed E-state index contributed by atoms with van der Waals surface area (Å²) in [5.41, 5.74) is 8.31. The number of nitrogens with zero attached hydrogens (tertiary/aromatic N) is 1. The molecule has 0 saturated heterocycles. The number of hydrogen-bond donors (Lipinski definition) is 2. The number of rotatable bonds is 4. The van der Waals surface area contributed by atoms with E-state index in [0.29, 0.717) is 13.1 Å². The Morgan fingerprint density at radius 2 is 2.13 bits per heavy atom. The minimum atomic E-state index is 0.0465. The van der Waals surface area contributed by atoms with Crippen molar-refractivity contribution in [2.24, 2.45) is 5.73 Å². The van der Waals surface area contributed by atoms with Gasteiger partial charge in [-0.15, -0.1) is 0 Å². The summed E-state index contributed by atoms with van der Waals surface area (Å²) in [7, 11) is 1.87. The third-order valence-electron chi connectivity index (χ3n) is 2.62. The summed E-state index contributed by atoms with van der Waals surface area (Å²) in [5, 5.41) is 3.03. The molecule has 0 radical (unpaired) electrons. The Morgan fingerprint density at radius 3 is 2.67 bits per heavy atom. The molecule has 0 amide bonds. The van der Waals surface area contributed by atoms with Gasteiger partial charge in [0, 0.05) is 30.9 Å². The Morgan fingerprint density at radius 1 is 1.47 bits per heavy atom. The molecule has 0 fully saturated rings. The van der Waals surface area contributed by atoms with Crippen molar-refractivity contribution >= 4 is 0 Å². The first-order valence-corrected chi connectivity index (χ1v) is 5.16. The molecule has 4 nitrogen and oxygen atoms in total. The van der Waals surface area contributed by atoms with Gasteiger partial charge < -0.3 is 15.6 Å². The minimum absolute atomic E-state index is 0.0465. The average molecular weight is 209 g/mol. The van der Waals surface area contributed by atoms with Crippen LogP contribution in [0.2, 0.25) is 0 Å². The standard InChI is InChI=1S/C11H19N3O/c1-8-6-9(2)14(5-4-13-3)11(15)10(8)7-12/h6,13H,4-5,7,12H2,1-3H3. The lowest BCUT2D eigenvalue weighted by atomic mass is 10.1. The predicted octanol–water partition coefficient (Wildman–Crippen LogP) is 0.143. The zero-order valence-electron chi connectivity index (χ0n) is 9.63. The smallest absolute Gasteiger partial charge is 0.255 e. The molecule has 0 aliphatic carbocycles. The van der Waals surface area contributed by atoms with Crippen LogP contribution in [0.4, 0.5) is 0 Å². The number of hydrogen-bond acceptors (Lipinski definition) is 3.